The van der Waals surface area contributed by atoms with Crippen molar-refractivity contribution in [3.05, 3.63) is 23.4 Å². The van der Waals surface area contributed by atoms with Crippen molar-refractivity contribution in [3.8, 4) is 0 Å². The predicted octanol–water partition coefficient (Wildman–Crippen LogP) is 1.65. The molecule has 0 bridgehead atoms. The van der Waals surface area contributed by atoms with E-state index < -0.39 is 0 Å². The molecule has 1 amide bonds. The van der Waals surface area contributed by atoms with E-state index in [0.717, 1.165) is 18.7 Å². The van der Waals surface area contributed by atoms with E-state index in [0.29, 0.717) is 23.9 Å². The standard InChI is InChI=1S/C15H24N4O2/c1-9(2)13-6-12(7-14(18-13)19-16)15(20)17-10(3)11-4-5-21-8-11/h6-7,9-11H,4-5,8,16H2,1-3H3,(H,17,20)(H,18,19). The summed E-state index contributed by atoms with van der Waals surface area (Å²) in [6, 6.07) is 3.57. The van der Waals surface area contributed by atoms with Crippen LogP contribution in [0, 0.1) is 5.92 Å². The van der Waals surface area contributed by atoms with Crippen LogP contribution in [0.4, 0.5) is 5.82 Å². The lowest BCUT2D eigenvalue weighted by atomic mass is 10.00. The molecule has 21 heavy (non-hydrogen) atoms. The summed E-state index contributed by atoms with van der Waals surface area (Å²) >= 11 is 0. The number of hydrogen-bond donors (Lipinski definition) is 3. The van der Waals surface area contributed by atoms with E-state index in [9.17, 15) is 4.79 Å². The van der Waals surface area contributed by atoms with Gasteiger partial charge in [0, 0.05) is 29.8 Å². The maximum Gasteiger partial charge on any atom is 0.251 e. The molecule has 6 nitrogen and oxygen atoms in total. The molecule has 0 saturated carbocycles. The molecule has 2 rings (SSSR count). The normalized spacial score (nSPS) is 19.6. The molecule has 6 heteroatoms. The van der Waals surface area contributed by atoms with Crippen LogP contribution in [0.2, 0.25) is 0 Å². The van der Waals surface area contributed by atoms with Crippen LogP contribution in [0.15, 0.2) is 12.1 Å². The van der Waals surface area contributed by atoms with Gasteiger partial charge in [-0.1, -0.05) is 13.8 Å². The minimum absolute atomic E-state index is 0.0879. The summed E-state index contributed by atoms with van der Waals surface area (Å²) in [4.78, 5) is 16.8. The number of anilines is 1. The molecule has 1 saturated heterocycles. The Morgan fingerprint density at radius 1 is 1.43 bits per heavy atom. The fourth-order valence-electron chi connectivity index (χ4n) is 2.41. The Labute approximate surface area is 125 Å². The van der Waals surface area contributed by atoms with Crippen molar-refractivity contribution >= 4 is 11.7 Å². The molecular formula is C15H24N4O2. The number of ether oxygens (including phenoxy) is 1. The van der Waals surface area contributed by atoms with Gasteiger partial charge in [0.05, 0.1) is 6.61 Å². The molecule has 4 N–H and O–H groups in total. The summed E-state index contributed by atoms with van der Waals surface area (Å²) in [7, 11) is 0. The number of nitrogen functional groups attached to an aromatic ring is 1. The fourth-order valence-corrected chi connectivity index (χ4v) is 2.41. The lowest BCUT2D eigenvalue weighted by Gasteiger charge is -2.19. The quantitative estimate of drug-likeness (QED) is 0.567. The second kappa shape index (κ2) is 6.87. The lowest BCUT2D eigenvalue weighted by molar-refractivity contribution is 0.0922. The van der Waals surface area contributed by atoms with Crippen LogP contribution in [0.1, 0.15) is 49.2 Å². The summed E-state index contributed by atoms with van der Waals surface area (Å²) in [5.74, 6) is 6.44. The van der Waals surface area contributed by atoms with Gasteiger partial charge in [0.2, 0.25) is 0 Å². The highest BCUT2D eigenvalue weighted by Crippen LogP contribution is 2.19. The molecule has 1 aromatic heterocycles. The molecule has 0 aromatic carbocycles. The van der Waals surface area contributed by atoms with Gasteiger partial charge in [-0.05, 0) is 31.4 Å². The number of amides is 1. The number of nitrogens with one attached hydrogen (secondary N) is 2. The first-order valence-corrected chi connectivity index (χ1v) is 7.38. The Morgan fingerprint density at radius 2 is 2.19 bits per heavy atom. The van der Waals surface area contributed by atoms with Crippen LogP contribution in [0.25, 0.3) is 0 Å². The number of carbonyl (C=O) groups excluding carboxylic acids is 1. The summed E-state index contributed by atoms with van der Waals surface area (Å²) < 4.78 is 5.36. The average molecular weight is 292 g/mol. The molecule has 1 aliphatic heterocycles. The molecule has 2 heterocycles. The van der Waals surface area contributed by atoms with Gasteiger partial charge < -0.3 is 15.5 Å². The van der Waals surface area contributed by atoms with Crippen LogP contribution >= 0.6 is 0 Å². The first-order chi connectivity index (χ1) is 10.0. The monoisotopic (exact) mass is 292 g/mol. The number of rotatable bonds is 5. The predicted molar refractivity (Wildman–Crippen MR) is 82.0 cm³/mol. The summed E-state index contributed by atoms with van der Waals surface area (Å²) in [6.07, 6.45) is 0.991. The van der Waals surface area contributed by atoms with Gasteiger partial charge >= 0.3 is 0 Å². The number of nitrogens with zero attached hydrogens (tertiary/aromatic N) is 1. The number of pyridine rings is 1. The van der Waals surface area contributed by atoms with Gasteiger partial charge in [-0.15, -0.1) is 0 Å². The third kappa shape index (κ3) is 3.92. The van der Waals surface area contributed by atoms with Crippen molar-refractivity contribution in [1.82, 2.24) is 10.3 Å². The van der Waals surface area contributed by atoms with E-state index in [1.807, 2.05) is 26.8 Å². The van der Waals surface area contributed by atoms with Crippen molar-refractivity contribution in [1.29, 1.82) is 0 Å². The molecule has 1 aromatic rings. The largest absolute Gasteiger partial charge is 0.381 e. The van der Waals surface area contributed by atoms with Crippen LogP contribution in [0.3, 0.4) is 0 Å². The van der Waals surface area contributed by atoms with E-state index in [4.69, 9.17) is 10.6 Å². The first-order valence-electron chi connectivity index (χ1n) is 7.38. The van der Waals surface area contributed by atoms with E-state index in [2.05, 4.69) is 15.7 Å². The second-order valence-electron chi connectivity index (χ2n) is 5.85. The average Bonchev–Trinajstić information content (AvgIpc) is 3.00. The first kappa shape index (κ1) is 15.7. The van der Waals surface area contributed by atoms with E-state index >= 15 is 0 Å². The van der Waals surface area contributed by atoms with Gasteiger partial charge in [0.25, 0.3) is 5.91 Å². The molecule has 2 atom stereocenters. The number of aromatic nitrogens is 1. The maximum atomic E-state index is 12.4. The highest BCUT2D eigenvalue weighted by Gasteiger charge is 2.24. The van der Waals surface area contributed by atoms with E-state index in [1.165, 1.54) is 0 Å². The van der Waals surface area contributed by atoms with Crippen LogP contribution in [-0.4, -0.2) is 30.1 Å². The Balaban J connectivity index is 2.12. The van der Waals surface area contributed by atoms with Gasteiger partial charge in [-0.3, -0.25) is 4.79 Å². The molecule has 116 valence electrons. The van der Waals surface area contributed by atoms with Crippen molar-refractivity contribution < 1.29 is 9.53 Å². The summed E-state index contributed by atoms with van der Waals surface area (Å²) in [6.45, 7) is 7.57. The zero-order valence-electron chi connectivity index (χ0n) is 12.8. The van der Waals surface area contributed by atoms with Crippen LogP contribution in [0.5, 0.6) is 0 Å². The molecule has 2 unspecified atom stereocenters. The molecule has 0 radical (unpaired) electrons. The molecule has 0 spiro atoms. The number of hydrazine groups is 1. The van der Waals surface area contributed by atoms with Gasteiger partial charge in [-0.2, -0.15) is 0 Å². The third-order valence-electron chi connectivity index (χ3n) is 3.88. The van der Waals surface area contributed by atoms with Crippen molar-refractivity contribution in [2.75, 3.05) is 18.6 Å². The fraction of sp³-hybridized carbons (Fsp3) is 0.600. The number of hydrogen-bond acceptors (Lipinski definition) is 5. The minimum Gasteiger partial charge on any atom is -0.381 e. The highest BCUT2D eigenvalue weighted by atomic mass is 16.5. The number of carbonyl (C=O) groups is 1. The molecule has 1 aliphatic rings. The van der Waals surface area contributed by atoms with Gasteiger partial charge in [0.15, 0.2) is 0 Å². The molecule has 0 aliphatic carbocycles. The lowest BCUT2D eigenvalue weighted by Crippen LogP contribution is -2.38. The topological polar surface area (TPSA) is 89.3 Å². The zero-order chi connectivity index (χ0) is 15.4. The number of nitrogens with two attached hydrogens (primary N) is 1. The SMILES string of the molecule is CC(C)c1cc(C(=O)NC(C)C2CCOC2)cc(NN)n1. The Bertz CT molecular complexity index is 498. The van der Waals surface area contributed by atoms with Gasteiger partial charge in [-0.25, -0.2) is 10.8 Å². The zero-order valence-corrected chi connectivity index (χ0v) is 12.8. The molecular weight excluding hydrogens is 268 g/mol. The summed E-state index contributed by atoms with van der Waals surface area (Å²) in [5.41, 5.74) is 3.93. The highest BCUT2D eigenvalue weighted by molar-refractivity contribution is 5.95. The van der Waals surface area contributed by atoms with Crippen molar-refractivity contribution in [2.45, 2.75) is 39.2 Å². The Hall–Kier alpha value is -1.66. The van der Waals surface area contributed by atoms with Crippen molar-refractivity contribution in [2.24, 2.45) is 11.8 Å². The Kier molecular flexibility index (Phi) is 5.14. The second-order valence-corrected chi connectivity index (χ2v) is 5.85. The van der Waals surface area contributed by atoms with Crippen LogP contribution < -0.4 is 16.6 Å². The summed E-state index contributed by atoms with van der Waals surface area (Å²) in [5, 5.41) is 3.04. The van der Waals surface area contributed by atoms with Crippen LogP contribution in [-0.2, 0) is 4.74 Å². The van der Waals surface area contributed by atoms with E-state index in [-0.39, 0.29) is 17.9 Å². The smallest absolute Gasteiger partial charge is 0.251 e. The Morgan fingerprint density at radius 3 is 2.76 bits per heavy atom. The molecule has 1 fully saturated rings. The third-order valence-corrected chi connectivity index (χ3v) is 3.88. The maximum absolute atomic E-state index is 12.4. The van der Waals surface area contributed by atoms with Crippen molar-refractivity contribution in [3.63, 3.8) is 0 Å². The van der Waals surface area contributed by atoms with Gasteiger partial charge in [0.1, 0.15) is 5.82 Å². The van der Waals surface area contributed by atoms with E-state index in [1.54, 1.807) is 6.07 Å². The minimum atomic E-state index is -0.102.